The maximum atomic E-state index is 13.5. The van der Waals surface area contributed by atoms with Crippen molar-refractivity contribution in [1.29, 1.82) is 0 Å². The number of hydrogen-bond acceptors (Lipinski definition) is 6. The number of ether oxygens (including phenoxy) is 2. The molecule has 0 unspecified atom stereocenters. The smallest absolute Gasteiger partial charge is 0.234 e. The predicted molar refractivity (Wildman–Crippen MR) is 142 cm³/mol. The highest BCUT2D eigenvalue weighted by molar-refractivity contribution is 9.10. The number of methoxy groups -OCH3 is 1. The largest absolute Gasteiger partial charge is 0.507 e. The van der Waals surface area contributed by atoms with Crippen molar-refractivity contribution in [1.82, 2.24) is 4.90 Å². The number of imide groups is 1. The maximum Gasteiger partial charge on any atom is 0.234 e. The molecule has 1 aromatic carbocycles. The van der Waals surface area contributed by atoms with Gasteiger partial charge in [-0.3, -0.25) is 14.5 Å². The summed E-state index contributed by atoms with van der Waals surface area (Å²) in [6.07, 6.45) is 4.01. The van der Waals surface area contributed by atoms with E-state index in [4.69, 9.17) is 9.47 Å². The van der Waals surface area contributed by atoms with E-state index in [1.165, 1.54) is 4.90 Å². The molecule has 36 heavy (non-hydrogen) atoms. The third-order valence-corrected chi connectivity index (χ3v) is 8.86. The number of fused-ring (bicyclic) bond motifs is 3. The highest BCUT2D eigenvalue weighted by Gasteiger charge is 2.56. The number of allylic oxidation sites excluding steroid dienone is 1. The molecule has 0 spiro atoms. The monoisotopic (exact) mass is 571 g/mol. The van der Waals surface area contributed by atoms with Crippen LogP contribution >= 0.6 is 27.3 Å². The number of carbonyl (C=O) groups is 2. The molecule has 3 aliphatic rings. The standard InChI is InChI=1S/C28H30BrNO5S/c1-16(10-17-11-19(29)6-7-23(17)31)5-8-24-25-18(14-34-2)12-21-26(22(25)15-35-24)28(33)30(27(21)32)13-20-4-3-9-36-20/h3-4,6-7,9-11,21-22,24,26,31H,5,8,12-15H2,1-2H3/b16-10+/t21-,22+,24-,26-/m1/s1. The maximum absolute atomic E-state index is 13.5. The molecule has 1 aliphatic carbocycles. The van der Waals surface area contributed by atoms with E-state index in [1.807, 2.05) is 35.7 Å². The normalized spacial score (nSPS) is 26.1. The molecule has 2 saturated heterocycles. The summed E-state index contributed by atoms with van der Waals surface area (Å²) in [6, 6.07) is 9.29. The van der Waals surface area contributed by atoms with Gasteiger partial charge in [-0.2, -0.15) is 0 Å². The lowest BCUT2D eigenvalue weighted by Crippen LogP contribution is -2.35. The Bertz CT molecular complexity index is 1220. The lowest BCUT2D eigenvalue weighted by Gasteiger charge is -2.31. The highest BCUT2D eigenvalue weighted by Crippen LogP contribution is 2.50. The summed E-state index contributed by atoms with van der Waals surface area (Å²) in [5.74, 6) is -0.658. The van der Waals surface area contributed by atoms with Gasteiger partial charge in [-0.05, 0) is 67.0 Å². The van der Waals surface area contributed by atoms with Crippen LogP contribution in [0.4, 0.5) is 0 Å². The predicted octanol–water partition coefficient (Wildman–Crippen LogP) is 5.56. The quantitative estimate of drug-likeness (QED) is 0.331. The molecule has 4 atom stereocenters. The van der Waals surface area contributed by atoms with Crippen LogP contribution in [0.5, 0.6) is 5.75 Å². The Morgan fingerprint density at radius 1 is 1.28 bits per heavy atom. The van der Waals surface area contributed by atoms with Gasteiger partial charge >= 0.3 is 0 Å². The molecule has 2 aromatic rings. The average Bonchev–Trinajstić information content (AvgIpc) is 3.57. The van der Waals surface area contributed by atoms with Crippen molar-refractivity contribution >= 4 is 45.2 Å². The first-order chi connectivity index (χ1) is 17.4. The van der Waals surface area contributed by atoms with Crippen LogP contribution in [0.25, 0.3) is 6.08 Å². The second-order valence-corrected chi connectivity index (χ2v) is 11.8. The first kappa shape index (κ1) is 25.4. The summed E-state index contributed by atoms with van der Waals surface area (Å²) in [5.41, 5.74) is 4.17. The third-order valence-electron chi connectivity index (χ3n) is 7.50. The van der Waals surface area contributed by atoms with Crippen LogP contribution in [-0.2, 0) is 25.6 Å². The van der Waals surface area contributed by atoms with Crippen molar-refractivity contribution in [2.75, 3.05) is 20.3 Å². The summed E-state index contributed by atoms with van der Waals surface area (Å²) in [6.45, 7) is 3.30. The molecule has 3 heterocycles. The minimum absolute atomic E-state index is 0.0668. The SMILES string of the molecule is COCC1=C2[C@@H](CC/C(C)=C/c3cc(Br)ccc3O)OC[C@@H]2[C@@H]2C(=O)N(Cc3cccs3)C(=O)[C@@H]2C1. The summed E-state index contributed by atoms with van der Waals surface area (Å²) in [7, 11) is 1.67. The lowest BCUT2D eigenvalue weighted by atomic mass is 9.69. The van der Waals surface area contributed by atoms with Crippen LogP contribution < -0.4 is 0 Å². The number of likely N-dealkylation sites (tertiary alicyclic amines) is 1. The Morgan fingerprint density at radius 2 is 2.11 bits per heavy atom. The minimum Gasteiger partial charge on any atom is -0.507 e. The Kier molecular flexibility index (Phi) is 7.49. The number of aromatic hydroxyl groups is 1. The molecule has 0 bridgehead atoms. The number of phenols is 1. The van der Waals surface area contributed by atoms with Gasteiger partial charge in [0, 0.05) is 27.9 Å². The van der Waals surface area contributed by atoms with E-state index >= 15 is 0 Å². The number of thiophene rings is 1. The van der Waals surface area contributed by atoms with Crippen molar-refractivity contribution in [3.05, 3.63) is 67.3 Å². The first-order valence-corrected chi connectivity index (χ1v) is 13.9. The van der Waals surface area contributed by atoms with E-state index in [-0.39, 0.29) is 41.4 Å². The third kappa shape index (κ3) is 4.84. The average molecular weight is 573 g/mol. The topological polar surface area (TPSA) is 76.1 Å². The van der Waals surface area contributed by atoms with Crippen molar-refractivity contribution in [2.45, 2.75) is 38.8 Å². The number of nitrogens with zero attached hydrogens (tertiary/aromatic N) is 1. The molecule has 2 aliphatic heterocycles. The number of carbonyl (C=O) groups excluding carboxylic acids is 2. The number of amides is 2. The molecule has 2 fully saturated rings. The van der Waals surface area contributed by atoms with Crippen molar-refractivity contribution in [3.8, 4) is 5.75 Å². The Balaban J connectivity index is 1.34. The van der Waals surface area contributed by atoms with E-state index in [2.05, 4.69) is 22.9 Å². The van der Waals surface area contributed by atoms with Gasteiger partial charge in [-0.15, -0.1) is 11.3 Å². The zero-order chi connectivity index (χ0) is 25.4. The Labute approximate surface area is 223 Å². The second kappa shape index (κ2) is 10.6. The molecule has 0 saturated carbocycles. The molecule has 5 rings (SSSR count). The molecule has 1 N–H and O–H groups in total. The van der Waals surface area contributed by atoms with Crippen LogP contribution in [0, 0.1) is 17.8 Å². The van der Waals surface area contributed by atoms with Gasteiger partial charge in [0.15, 0.2) is 0 Å². The fourth-order valence-electron chi connectivity index (χ4n) is 5.90. The molecule has 2 amide bonds. The number of phenolic OH excluding ortho intramolecular Hbond substituents is 1. The van der Waals surface area contributed by atoms with Crippen LogP contribution in [0.15, 0.2) is 56.9 Å². The molecule has 0 radical (unpaired) electrons. The Hall–Kier alpha value is -2.26. The second-order valence-electron chi connectivity index (χ2n) is 9.83. The fourth-order valence-corrected chi connectivity index (χ4v) is 6.97. The molecular formula is C28H30BrNO5S. The van der Waals surface area contributed by atoms with Gasteiger partial charge in [0.2, 0.25) is 11.8 Å². The summed E-state index contributed by atoms with van der Waals surface area (Å²) in [4.78, 5) is 29.3. The number of benzene rings is 1. The molecule has 8 heteroatoms. The van der Waals surface area contributed by atoms with Crippen LogP contribution in [-0.4, -0.2) is 48.2 Å². The van der Waals surface area contributed by atoms with Gasteiger partial charge < -0.3 is 14.6 Å². The minimum atomic E-state index is -0.353. The van der Waals surface area contributed by atoms with Crippen LogP contribution in [0.3, 0.4) is 0 Å². The first-order valence-electron chi connectivity index (χ1n) is 12.2. The molecule has 1 aromatic heterocycles. The zero-order valence-corrected chi connectivity index (χ0v) is 22.8. The molecular weight excluding hydrogens is 542 g/mol. The van der Waals surface area contributed by atoms with Crippen molar-refractivity contribution in [3.63, 3.8) is 0 Å². The highest BCUT2D eigenvalue weighted by atomic mass is 79.9. The van der Waals surface area contributed by atoms with Crippen LogP contribution in [0.1, 0.15) is 36.6 Å². The van der Waals surface area contributed by atoms with Crippen molar-refractivity contribution < 1.29 is 24.2 Å². The van der Waals surface area contributed by atoms with E-state index in [9.17, 15) is 14.7 Å². The fraction of sp³-hybridized carbons (Fsp3) is 0.429. The van der Waals surface area contributed by atoms with Gasteiger partial charge in [0.25, 0.3) is 0 Å². The van der Waals surface area contributed by atoms with E-state index in [0.29, 0.717) is 26.2 Å². The van der Waals surface area contributed by atoms with E-state index in [1.54, 1.807) is 24.5 Å². The van der Waals surface area contributed by atoms with Gasteiger partial charge in [0.1, 0.15) is 5.75 Å². The van der Waals surface area contributed by atoms with Gasteiger partial charge in [-0.25, -0.2) is 0 Å². The summed E-state index contributed by atoms with van der Waals surface area (Å²) >= 11 is 5.02. The van der Waals surface area contributed by atoms with E-state index < -0.39 is 0 Å². The molecule has 190 valence electrons. The molecule has 6 nitrogen and oxygen atoms in total. The summed E-state index contributed by atoms with van der Waals surface area (Å²) in [5, 5.41) is 12.1. The van der Waals surface area contributed by atoms with Crippen LogP contribution in [0.2, 0.25) is 0 Å². The number of halogens is 1. The number of rotatable bonds is 8. The van der Waals surface area contributed by atoms with E-state index in [0.717, 1.165) is 44.5 Å². The lowest BCUT2D eigenvalue weighted by molar-refractivity contribution is -0.140. The Morgan fingerprint density at radius 3 is 2.86 bits per heavy atom. The van der Waals surface area contributed by atoms with Gasteiger partial charge in [-0.1, -0.05) is 33.6 Å². The van der Waals surface area contributed by atoms with Crippen molar-refractivity contribution in [2.24, 2.45) is 17.8 Å². The summed E-state index contributed by atoms with van der Waals surface area (Å²) < 4.78 is 12.7. The number of hydrogen-bond donors (Lipinski definition) is 1. The van der Waals surface area contributed by atoms with Gasteiger partial charge in [0.05, 0.1) is 37.7 Å². The zero-order valence-electron chi connectivity index (χ0n) is 20.4.